The summed E-state index contributed by atoms with van der Waals surface area (Å²) in [6, 6.07) is -0.297. The first-order valence-corrected chi connectivity index (χ1v) is 8.58. The smallest absolute Gasteiger partial charge is 0.280 e. The van der Waals surface area contributed by atoms with Gasteiger partial charge >= 0.3 is 0 Å². The first-order chi connectivity index (χ1) is 8.88. The fourth-order valence-corrected chi connectivity index (χ4v) is 4.03. The number of piperazine rings is 1. The number of hydrogen-bond acceptors (Lipinski definition) is 5. The number of nitrogens with one attached hydrogen (secondary N) is 1. The summed E-state index contributed by atoms with van der Waals surface area (Å²) in [5.41, 5.74) is 0.778. The second-order valence-corrected chi connectivity index (χ2v) is 7.60. The Bertz CT molecular complexity index is 521. The van der Waals surface area contributed by atoms with Crippen LogP contribution in [0.3, 0.4) is 0 Å². The molecule has 0 aliphatic carbocycles. The SMILES string of the molecule is Cc1nc(C(C)NS(=O)(=O)N2CCN(C)CC2)cs1. The summed E-state index contributed by atoms with van der Waals surface area (Å²) in [6.07, 6.45) is 0. The molecule has 0 bridgehead atoms. The molecule has 0 aromatic carbocycles. The minimum absolute atomic E-state index is 0.297. The van der Waals surface area contributed by atoms with Gasteiger partial charge in [-0.3, -0.25) is 0 Å². The molecule has 1 aliphatic heterocycles. The van der Waals surface area contributed by atoms with Crippen LogP contribution in [0.15, 0.2) is 5.38 Å². The highest BCUT2D eigenvalue weighted by atomic mass is 32.2. The zero-order valence-electron chi connectivity index (χ0n) is 11.5. The molecule has 6 nitrogen and oxygen atoms in total. The minimum atomic E-state index is -3.42. The van der Waals surface area contributed by atoms with Crippen LogP contribution in [0.4, 0.5) is 0 Å². The Morgan fingerprint density at radius 3 is 2.53 bits per heavy atom. The molecule has 8 heteroatoms. The number of aromatic nitrogens is 1. The van der Waals surface area contributed by atoms with Gasteiger partial charge in [0.25, 0.3) is 10.2 Å². The summed E-state index contributed by atoms with van der Waals surface area (Å²) in [5, 5.41) is 2.84. The van der Waals surface area contributed by atoms with Gasteiger partial charge in [-0.2, -0.15) is 17.4 Å². The van der Waals surface area contributed by atoms with Crippen molar-refractivity contribution in [2.45, 2.75) is 19.9 Å². The quantitative estimate of drug-likeness (QED) is 0.884. The predicted octanol–water partition coefficient (Wildman–Crippen LogP) is 0.594. The molecule has 0 radical (unpaired) electrons. The second kappa shape index (κ2) is 5.84. The Hall–Kier alpha value is -0.540. The summed E-state index contributed by atoms with van der Waals surface area (Å²) < 4.78 is 28.7. The Labute approximate surface area is 118 Å². The van der Waals surface area contributed by atoms with E-state index in [-0.39, 0.29) is 6.04 Å². The van der Waals surface area contributed by atoms with E-state index in [9.17, 15) is 8.42 Å². The Morgan fingerprint density at radius 1 is 1.37 bits per heavy atom. The fourth-order valence-electron chi connectivity index (χ4n) is 1.97. The van der Waals surface area contributed by atoms with Gasteiger partial charge in [0, 0.05) is 31.6 Å². The summed E-state index contributed by atoms with van der Waals surface area (Å²) in [4.78, 5) is 6.44. The van der Waals surface area contributed by atoms with Gasteiger partial charge in [0.15, 0.2) is 0 Å². The maximum Gasteiger partial charge on any atom is 0.280 e. The highest BCUT2D eigenvalue weighted by Crippen LogP contribution is 2.17. The highest BCUT2D eigenvalue weighted by Gasteiger charge is 2.27. The lowest BCUT2D eigenvalue weighted by molar-refractivity contribution is 0.220. The molecule has 1 aromatic rings. The van der Waals surface area contributed by atoms with Crippen LogP contribution in [0.1, 0.15) is 23.7 Å². The van der Waals surface area contributed by atoms with Crippen molar-refractivity contribution in [2.75, 3.05) is 33.2 Å². The van der Waals surface area contributed by atoms with Crippen molar-refractivity contribution in [2.24, 2.45) is 0 Å². The molecule has 0 amide bonds. The lowest BCUT2D eigenvalue weighted by atomic mass is 10.3. The molecule has 1 atom stereocenters. The molecule has 1 aliphatic rings. The van der Waals surface area contributed by atoms with Gasteiger partial charge < -0.3 is 4.90 Å². The van der Waals surface area contributed by atoms with Gasteiger partial charge in [-0.1, -0.05) is 0 Å². The molecule has 108 valence electrons. The largest absolute Gasteiger partial charge is 0.304 e. The summed E-state index contributed by atoms with van der Waals surface area (Å²) >= 11 is 1.53. The Balaban J connectivity index is 2.01. The Morgan fingerprint density at radius 2 is 2.00 bits per heavy atom. The molecular formula is C11H20N4O2S2. The molecule has 2 heterocycles. The third kappa shape index (κ3) is 3.73. The van der Waals surface area contributed by atoms with E-state index in [1.807, 2.05) is 26.3 Å². The molecule has 19 heavy (non-hydrogen) atoms. The third-order valence-corrected chi connectivity index (χ3v) is 5.70. The highest BCUT2D eigenvalue weighted by molar-refractivity contribution is 7.87. The van der Waals surface area contributed by atoms with Gasteiger partial charge in [-0.15, -0.1) is 11.3 Å². The van der Waals surface area contributed by atoms with Crippen LogP contribution in [0.25, 0.3) is 0 Å². The van der Waals surface area contributed by atoms with Crippen molar-refractivity contribution >= 4 is 21.5 Å². The molecule has 2 rings (SSSR count). The number of nitrogens with zero attached hydrogens (tertiary/aromatic N) is 3. The average molecular weight is 304 g/mol. The van der Waals surface area contributed by atoms with E-state index in [1.54, 1.807) is 0 Å². The van der Waals surface area contributed by atoms with Crippen LogP contribution in [0.5, 0.6) is 0 Å². The van der Waals surface area contributed by atoms with Crippen molar-refractivity contribution in [3.05, 3.63) is 16.1 Å². The molecular weight excluding hydrogens is 284 g/mol. The predicted molar refractivity (Wildman–Crippen MR) is 76.4 cm³/mol. The van der Waals surface area contributed by atoms with E-state index in [0.717, 1.165) is 23.8 Å². The van der Waals surface area contributed by atoms with Crippen LogP contribution < -0.4 is 4.72 Å². The van der Waals surface area contributed by atoms with E-state index in [4.69, 9.17) is 0 Å². The maximum absolute atomic E-state index is 12.3. The van der Waals surface area contributed by atoms with Crippen molar-refractivity contribution < 1.29 is 8.42 Å². The molecule has 0 saturated carbocycles. The first kappa shape index (κ1) is 14.9. The lowest BCUT2D eigenvalue weighted by Gasteiger charge is -2.32. The van der Waals surface area contributed by atoms with E-state index < -0.39 is 10.2 Å². The zero-order valence-corrected chi connectivity index (χ0v) is 13.1. The molecule has 1 fully saturated rings. The number of thiazole rings is 1. The lowest BCUT2D eigenvalue weighted by Crippen LogP contribution is -2.51. The minimum Gasteiger partial charge on any atom is -0.304 e. The van der Waals surface area contributed by atoms with Crippen LogP contribution >= 0.6 is 11.3 Å². The molecule has 0 spiro atoms. The van der Waals surface area contributed by atoms with Gasteiger partial charge in [0.05, 0.1) is 16.7 Å². The maximum atomic E-state index is 12.3. The standard InChI is InChI=1S/C11H20N4O2S2/c1-9(11-8-18-10(2)12-11)13-19(16,17)15-6-4-14(3)5-7-15/h8-9,13H,4-7H2,1-3H3. The normalized spacial score (nSPS) is 20.6. The van der Waals surface area contributed by atoms with Crippen LogP contribution in [-0.4, -0.2) is 55.8 Å². The van der Waals surface area contributed by atoms with Crippen LogP contribution in [-0.2, 0) is 10.2 Å². The van der Waals surface area contributed by atoms with Crippen molar-refractivity contribution in [1.29, 1.82) is 0 Å². The van der Waals surface area contributed by atoms with Gasteiger partial charge in [-0.25, -0.2) is 4.98 Å². The summed E-state index contributed by atoms with van der Waals surface area (Å²) in [5.74, 6) is 0. The zero-order chi connectivity index (χ0) is 14.0. The Kier molecular flexibility index (Phi) is 4.57. The molecule has 1 saturated heterocycles. The van der Waals surface area contributed by atoms with E-state index in [0.29, 0.717) is 13.1 Å². The van der Waals surface area contributed by atoms with E-state index >= 15 is 0 Å². The number of aryl methyl sites for hydroxylation is 1. The van der Waals surface area contributed by atoms with Gasteiger partial charge in [-0.05, 0) is 20.9 Å². The topological polar surface area (TPSA) is 65.5 Å². The summed E-state index contributed by atoms with van der Waals surface area (Å²) in [6.45, 7) is 6.34. The van der Waals surface area contributed by atoms with Crippen LogP contribution in [0, 0.1) is 6.92 Å². The second-order valence-electron chi connectivity index (χ2n) is 4.84. The molecule has 1 N–H and O–H groups in total. The van der Waals surface area contributed by atoms with E-state index in [1.165, 1.54) is 15.6 Å². The number of rotatable bonds is 4. The van der Waals surface area contributed by atoms with Crippen LogP contribution in [0.2, 0.25) is 0 Å². The molecule has 1 aromatic heterocycles. The van der Waals surface area contributed by atoms with Gasteiger partial charge in [0.1, 0.15) is 0 Å². The number of likely N-dealkylation sites (N-methyl/N-ethyl adjacent to an activating group) is 1. The summed E-state index contributed by atoms with van der Waals surface area (Å²) in [7, 11) is -1.43. The third-order valence-electron chi connectivity index (χ3n) is 3.21. The average Bonchev–Trinajstić information content (AvgIpc) is 2.76. The molecule has 1 unspecified atom stereocenters. The number of hydrogen-bond donors (Lipinski definition) is 1. The fraction of sp³-hybridized carbons (Fsp3) is 0.727. The van der Waals surface area contributed by atoms with Crippen molar-refractivity contribution in [3.63, 3.8) is 0 Å². The monoisotopic (exact) mass is 304 g/mol. The van der Waals surface area contributed by atoms with Crippen molar-refractivity contribution in [1.82, 2.24) is 18.9 Å². The van der Waals surface area contributed by atoms with E-state index in [2.05, 4.69) is 14.6 Å². The van der Waals surface area contributed by atoms with Gasteiger partial charge in [0.2, 0.25) is 0 Å². The van der Waals surface area contributed by atoms with Crippen molar-refractivity contribution in [3.8, 4) is 0 Å². The first-order valence-electron chi connectivity index (χ1n) is 6.26.